The summed E-state index contributed by atoms with van der Waals surface area (Å²) in [4.78, 5) is 16.3. The number of carbonyl (C=O) groups is 1. The Bertz CT molecular complexity index is 2070. The first-order chi connectivity index (χ1) is 22.9. The van der Waals surface area contributed by atoms with Gasteiger partial charge in [0.2, 0.25) is 0 Å². The first-order valence-corrected chi connectivity index (χ1v) is 17.2. The van der Waals surface area contributed by atoms with Gasteiger partial charge in [0.15, 0.2) is 0 Å². The van der Waals surface area contributed by atoms with Crippen LogP contribution in [0.3, 0.4) is 0 Å². The number of fused-ring (bicyclic) bond motifs is 1. The monoisotopic (exact) mass is 727 g/mol. The number of hydrogen-bond donors (Lipinski definition) is 0. The molecule has 0 saturated heterocycles. The highest BCUT2D eigenvalue weighted by atomic mass is 127. The van der Waals surface area contributed by atoms with Crippen LogP contribution in [0.2, 0.25) is 0 Å². The largest absolute Gasteiger partial charge is 0.457 e. The first kappa shape index (κ1) is 30.8. The molecule has 1 atom stereocenters. The quantitative estimate of drug-likeness (QED) is 0.116. The molecule has 232 valence electrons. The molecule has 7 rings (SSSR count). The molecule has 1 heterocycles. The third kappa shape index (κ3) is 5.59. The average molecular weight is 728 g/mol. The molecule has 0 spiro atoms. The van der Waals surface area contributed by atoms with Crippen LogP contribution in [0.25, 0.3) is 0 Å². The van der Waals surface area contributed by atoms with Crippen molar-refractivity contribution in [2.24, 2.45) is 0 Å². The minimum absolute atomic E-state index is 0.0478. The summed E-state index contributed by atoms with van der Waals surface area (Å²) in [6.45, 7) is 6.29. The Balaban J connectivity index is 1.35. The number of alkyl halides is 1. The highest BCUT2D eigenvalue weighted by Crippen LogP contribution is 2.51. The van der Waals surface area contributed by atoms with Crippen LogP contribution in [0.4, 0.5) is 5.69 Å². The first-order valence-electron chi connectivity index (χ1n) is 15.7. The lowest BCUT2D eigenvalue weighted by molar-refractivity contribution is 0.0986. The van der Waals surface area contributed by atoms with E-state index in [-0.39, 0.29) is 5.91 Å². The van der Waals surface area contributed by atoms with Crippen LogP contribution in [0.5, 0.6) is 23.0 Å². The minimum Gasteiger partial charge on any atom is -0.457 e. The second kappa shape index (κ2) is 12.7. The van der Waals surface area contributed by atoms with E-state index in [0.29, 0.717) is 5.56 Å². The lowest BCUT2D eigenvalue weighted by Crippen LogP contribution is -2.46. The Morgan fingerprint density at radius 2 is 1.11 bits per heavy atom. The van der Waals surface area contributed by atoms with Crippen LogP contribution in [-0.2, 0) is 9.97 Å². The fourth-order valence-electron chi connectivity index (χ4n) is 6.46. The number of para-hydroxylation sites is 1. The average Bonchev–Trinajstić information content (AvgIpc) is 3.36. The molecule has 47 heavy (non-hydrogen) atoms. The molecule has 0 saturated carbocycles. The van der Waals surface area contributed by atoms with Crippen molar-refractivity contribution >= 4 is 34.2 Å². The molecule has 4 nitrogen and oxygen atoms in total. The molecule has 5 heteroatoms. The maximum atomic E-state index is 14.4. The number of ether oxygens (including phenoxy) is 2. The third-order valence-electron chi connectivity index (χ3n) is 9.05. The smallest absolute Gasteiger partial charge is 0.260 e. The van der Waals surface area contributed by atoms with E-state index in [1.165, 1.54) is 22.3 Å². The summed E-state index contributed by atoms with van der Waals surface area (Å²) in [5.74, 6) is 2.99. The zero-order valence-electron chi connectivity index (χ0n) is 26.5. The fourth-order valence-corrected chi connectivity index (χ4v) is 7.32. The summed E-state index contributed by atoms with van der Waals surface area (Å²) in [6, 6.07) is 46.4. The highest BCUT2D eigenvalue weighted by Gasteiger charge is 2.52. The molecular weight excluding hydrogens is 693 g/mol. The summed E-state index contributed by atoms with van der Waals surface area (Å²) < 4.78 is 13.5. The Morgan fingerprint density at radius 1 is 0.574 bits per heavy atom. The number of halogens is 1. The van der Waals surface area contributed by atoms with Gasteiger partial charge in [0.25, 0.3) is 5.91 Å². The van der Waals surface area contributed by atoms with Crippen molar-refractivity contribution in [3.63, 3.8) is 0 Å². The number of aryl methyl sites for hydroxylation is 3. The molecule has 0 bridgehead atoms. The predicted octanol–water partition coefficient (Wildman–Crippen LogP) is 11.1. The lowest BCUT2D eigenvalue weighted by atomic mass is 9.76. The molecule has 6 aromatic carbocycles. The molecule has 1 unspecified atom stereocenters. The lowest BCUT2D eigenvalue weighted by Gasteiger charge is -2.40. The number of hydrogen-bond acceptors (Lipinski definition) is 3. The van der Waals surface area contributed by atoms with E-state index < -0.39 is 5.54 Å². The van der Waals surface area contributed by atoms with Crippen LogP contribution < -0.4 is 14.4 Å². The highest BCUT2D eigenvalue weighted by molar-refractivity contribution is 14.1. The number of amides is 1. The van der Waals surface area contributed by atoms with Gasteiger partial charge in [0, 0.05) is 15.7 Å². The van der Waals surface area contributed by atoms with Gasteiger partial charge < -0.3 is 9.47 Å². The Kier molecular flexibility index (Phi) is 8.33. The normalized spacial score (nSPS) is 15.4. The number of rotatable bonds is 8. The number of nitrogens with zero attached hydrogens (tertiary/aromatic N) is 1. The fraction of sp³-hybridized carbons (Fsp3) is 0.119. The summed E-state index contributed by atoms with van der Waals surface area (Å²) in [7, 11) is 0. The standard InChI is InChI=1S/C42H34INO3/c1-28-13-19-37(25-29(28)2)46-35-21-15-32(16-22-35)42(33-17-23-36(24-18-33)47-38-20-14-31(27-43)30(3)26-38)40-12-8-7-11-39(40)41(45)44(42)34-9-5-4-6-10-34/h4-26H,27H2,1-3H3. The number of benzene rings is 6. The van der Waals surface area contributed by atoms with Crippen molar-refractivity contribution in [1.82, 2.24) is 0 Å². The van der Waals surface area contributed by atoms with Crippen molar-refractivity contribution < 1.29 is 14.3 Å². The van der Waals surface area contributed by atoms with Crippen LogP contribution in [0.1, 0.15) is 49.3 Å². The van der Waals surface area contributed by atoms with E-state index in [2.05, 4.69) is 98.0 Å². The second-order valence-electron chi connectivity index (χ2n) is 12.0. The van der Waals surface area contributed by atoms with Gasteiger partial charge in [-0.25, -0.2) is 0 Å². The van der Waals surface area contributed by atoms with E-state index in [4.69, 9.17) is 9.47 Å². The van der Waals surface area contributed by atoms with Gasteiger partial charge in [-0.2, -0.15) is 0 Å². The van der Waals surface area contributed by atoms with Gasteiger partial charge in [-0.15, -0.1) is 0 Å². The Morgan fingerprint density at radius 3 is 1.68 bits per heavy atom. The van der Waals surface area contributed by atoms with Crippen LogP contribution in [0, 0.1) is 20.8 Å². The van der Waals surface area contributed by atoms with E-state index in [9.17, 15) is 4.79 Å². The van der Waals surface area contributed by atoms with Gasteiger partial charge in [-0.1, -0.05) is 95.4 Å². The van der Waals surface area contributed by atoms with Crippen molar-refractivity contribution in [3.05, 3.63) is 184 Å². The van der Waals surface area contributed by atoms with Gasteiger partial charge >= 0.3 is 0 Å². The van der Waals surface area contributed by atoms with E-state index in [1.807, 2.05) is 89.8 Å². The summed E-state index contributed by atoms with van der Waals surface area (Å²) in [5.41, 5.74) is 8.29. The molecule has 0 radical (unpaired) electrons. The van der Waals surface area contributed by atoms with Gasteiger partial charge in [-0.05, 0) is 126 Å². The minimum atomic E-state index is -0.939. The zero-order valence-corrected chi connectivity index (χ0v) is 28.7. The topological polar surface area (TPSA) is 38.8 Å². The zero-order chi connectivity index (χ0) is 32.5. The van der Waals surface area contributed by atoms with Crippen molar-refractivity contribution in [2.75, 3.05) is 4.90 Å². The van der Waals surface area contributed by atoms with E-state index >= 15 is 0 Å². The van der Waals surface area contributed by atoms with Crippen molar-refractivity contribution in [3.8, 4) is 23.0 Å². The summed E-state index contributed by atoms with van der Waals surface area (Å²) in [6.07, 6.45) is 0. The Hall–Kier alpha value is -4.88. The van der Waals surface area contributed by atoms with Crippen LogP contribution in [-0.4, -0.2) is 5.91 Å². The molecule has 1 amide bonds. The second-order valence-corrected chi connectivity index (χ2v) is 12.7. The maximum Gasteiger partial charge on any atom is 0.260 e. The SMILES string of the molecule is Cc1ccc(Oc2ccc(C3(c4ccc(Oc5ccc(CI)c(C)c5)cc4)c4ccccc4C(=O)N3c3ccccc3)cc2)cc1C. The van der Waals surface area contributed by atoms with Gasteiger partial charge in [0.05, 0.1) is 0 Å². The maximum absolute atomic E-state index is 14.4. The summed E-state index contributed by atoms with van der Waals surface area (Å²) >= 11 is 2.38. The van der Waals surface area contributed by atoms with Crippen molar-refractivity contribution in [1.29, 1.82) is 0 Å². The molecular formula is C42H34INO3. The van der Waals surface area contributed by atoms with Gasteiger partial charge in [0.1, 0.15) is 28.5 Å². The van der Waals surface area contributed by atoms with E-state index in [0.717, 1.165) is 49.8 Å². The molecule has 6 aromatic rings. The third-order valence-corrected chi connectivity index (χ3v) is 9.87. The van der Waals surface area contributed by atoms with Crippen LogP contribution in [0.15, 0.2) is 140 Å². The molecule has 1 aliphatic rings. The number of anilines is 1. The van der Waals surface area contributed by atoms with Gasteiger partial charge in [-0.3, -0.25) is 9.69 Å². The van der Waals surface area contributed by atoms with Crippen molar-refractivity contribution in [2.45, 2.75) is 30.7 Å². The molecule has 0 aromatic heterocycles. The number of carbonyl (C=O) groups excluding carboxylic acids is 1. The van der Waals surface area contributed by atoms with Crippen LogP contribution >= 0.6 is 22.6 Å². The Labute approximate surface area is 289 Å². The molecule has 1 aliphatic heterocycles. The molecule has 0 aliphatic carbocycles. The molecule has 0 N–H and O–H groups in total. The summed E-state index contributed by atoms with van der Waals surface area (Å²) in [5, 5.41) is 0. The predicted molar refractivity (Wildman–Crippen MR) is 197 cm³/mol. The molecule has 0 fully saturated rings. The van der Waals surface area contributed by atoms with E-state index in [1.54, 1.807) is 0 Å².